The van der Waals surface area contributed by atoms with Crippen molar-refractivity contribution in [3.8, 4) is 5.75 Å². The van der Waals surface area contributed by atoms with Gasteiger partial charge in [-0.15, -0.1) is 13.2 Å². The predicted molar refractivity (Wildman–Crippen MR) is 141 cm³/mol. The van der Waals surface area contributed by atoms with Gasteiger partial charge in [0.2, 0.25) is 10.0 Å². The molecule has 12 heteroatoms. The molecule has 1 saturated heterocycles. The molecular weight excluding hydrogens is 527 g/mol. The summed E-state index contributed by atoms with van der Waals surface area (Å²) in [6.45, 7) is 4.40. The predicted octanol–water partition coefficient (Wildman–Crippen LogP) is 5.01. The van der Waals surface area contributed by atoms with Gasteiger partial charge in [-0.05, 0) is 91.6 Å². The van der Waals surface area contributed by atoms with Crippen LogP contribution in [0.15, 0.2) is 41.8 Å². The third-order valence-corrected chi connectivity index (χ3v) is 8.39. The van der Waals surface area contributed by atoms with E-state index in [-0.39, 0.29) is 11.7 Å². The van der Waals surface area contributed by atoms with Crippen molar-refractivity contribution in [3.63, 3.8) is 0 Å². The minimum absolute atomic E-state index is 0.145. The molecule has 1 heterocycles. The monoisotopic (exact) mass is 559 g/mol. The zero-order valence-electron chi connectivity index (χ0n) is 20.9. The molecule has 2 aromatic carbocycles. The highest BCUT2D eigenvalue weighted by atomic mass is 32.2. The van der Waals surface area contributed by atoms with Crippen LogP contribution in [0.3, 0.4) is 0 Å². The molecule has 0 aromatic heterocycles. The highest BCUT2D eigenvalue weighted by Gasteiger charge is 2.31. The van der Waals surface area contributed by atoms with Crippen LogP contribution in [0.1, 0.15) is 47.6 Å². The summed E-state index contributed by atoms with van der Waals surface area (Å²) in [4.78, 5) is 0. The molecule has 2 aromatic rings. The molecule has 1 aliphatic heterocycles. The number of hydrogen-bond donors (Lipinski definition) is 2. The van der Waals surface area contributed by atoms with Crippen molar-refractivity contribution in [2.24, 2.45) is 11.7 Å². The second kappa shape index (κ2) is 12.1. The van der Waals surface area contributed by atoms with Gasteiger partial charge in [0.25, 0.3) is 0 Å². The Kier molecular flexibility index (Phi) is 9.57. The molecular formula is C25H32F3N3O4S2. The van der Waals surface area contributed by atoms with E-state index < -0.39 is 33.8 Å². The van der Waals surface area contributed by atoms with Crippen molar-refractivity contribution in [1.29, 1.82) is 0 Å². The molecule has 0 bridgehead atoms. The Morgan fingerprint density at radius 3 is 2.41 bits per heavy atom. The zero-order chi connectivity index (χ0) is 27.4. The fraction of sp³-hybridized carbons (Fsp3) is 0.440. The molecule has 37 heavy (non-hydrogen) atoms. The summed E-state index contributed by atoms with van der Waals surface area (Å²) >= 11 is -1.21. The van der Waals surface area contributed by atoms with Crippen molar-refractivity contribution in [1.82, 2.24) is 4.31 Å². The molecule has 0 spiro atoms. The van der Waals surface area contributed by atoms with E-state index in [1.54, 1.807) is 12.1 Å². The molecule has 0 radical (unpaired) electrons. The van der Waals surface area contributed by atoms with Crippen molar-refractivity contribution in [2.75, 3.05) is 24.1 Å². The van der Waals surface area contributed by atoms with Gasteiger partial charge >= 0.3 is 6.36 Å². The van der Waals surface area contributed by atoms with Crippen LogP contribution in [0, 0.1) is 19.8 Å². The Labute approximate surface area is 219 Å². The second-order valence-corrected chi connectivity index (χ2v) is 12.2. The molecule has 2 atom stereocenters. The van der Waals surface area contributed by atoms with E-state index in [2.05, 4.69) is 9.46 Å². The van der Waals surface area contributed by atoms with Crippen molar-refractivity contribution in [3.05, 3.63) is 64.1 Å². The van der Waals surface area contributed by atoms with Gasteiger partial charge in [-0.25, -0.2) is 13.1 Å². The lowest BCUT2D eigenvalue weighted by Crippen LogP contribution is -2.38. The lowest BCUT2D eigenvalue weighted by atomic mass is 9.89. The molecule has 3 N–H and O–H groups in total. The Bertz CT molecular complexity index is 1190. The number of nitrogens with zero attached hydrogens (tertiary/aromatic N) is 1. The largest absolute Gasteiger partial charge is 0.593 e. The minimum Gasteiger partial charge on any atom is -0.593 e. The number of hydrogen-bond acceptors (Lipinski definition) is 6. The van der Waals surface area contributed by atoms with Crippen LogP contribution in [-0.4, -0.2) is 43.0 Å². The van der Waals surface area contributed by atoms with Gasteiger partial charge in [0.05, 0.1) is 17.0 Å². The number of piperidine rings is 1. The number of ether oxygens (including phenoxy) is 1. The minimum atomic E-state index is -4.77. The number of rotatable bonds is 9. The number of benzene rings is 2. The number of alkyl halides is 3. The number of aryl methyl sites for hydroxylation is 2. The van der Waals surface area contributed by atoms with Crippen LogP contribution in [0.4, 0.5) is 18.9 Å². The zero-order valence-corrected chi connectivity index (χ0v) is 22.5. The van der Waals surface area contributed by atoms with Gasteiger partial charge in [-0.1, -0.05) is 12.1 Å². The molecule has 3 rings (SSSR count). The molecule has 1 aliphatic rings. The molecule has 0 saturated carbocycles. The molecule has 7 nitrogen and oxygen atoms in total. The Hall–Kier alpha value is -2.25. The molecule has 0 amide bonds. The van der Waals surface area contributed by atoms with E-state index in [9.17, 15) is 26.1 Å². The van der Waals surface area contributed by atoms with Crippen LogP contribution >= 0.6 is 0 Å². The maximum atomic E-state index is 13.0. The van der Waals surface area contributed by atoms with Crippen LogP contribution in [0.2, 0.25) is 0 Å². The molecule has 2 unspecified atom stereocenters. The van der Waals surface area contributed by atoms with E-state index in [1.807, 2.05) is 26.0 Å². The summed E-state index contributed by atoms with van der Waals surface area (Å²) in [7, 11) is -3.64. The smallest absolute Gasteiger partial charge is 0.573 e. The van der Waals surface area contributed by atoms with E-state index in [1.165, 1.54) is 34.2 Å². The fourth-order valence-corrected chi connectivity index (χ4v) is 6.19. The normalized spacial score (nSPS) is 17.6. The summed E-state index contributed by atoms with van der Waals surface area (Å²) in [6.07, 6.45) is 0.0838. The van der Waals surface area contributed by atoms with Crippen LogP contribution in [-0.2, 0) is 21.4 Å². The lowest BCUT2D eigenvalue weighted by molar-refractivity contribution is -0.274. The van der Waals surface area contributed by atoms with Crippen molar-refractivity contribution >= 4 is 33.1 Å². The second-order valence-electron chi connectivity index (χ2n) is 9.23. The van der Waals surface area contributed by atoms with E-state index >= 15 is 0 Å². The number of nitrogens with two attached hydrogens (primary N) is 1. The fourth-order valence-electron chi connectivity index (χ4n) is 4.54. The maximum absolute atomic E-state index is 13.0. The molecule has 0 aliphatic carbocycles. The van der Waals surface area contributed by atoms with E-state index in [0.717, 1.165) is 16.7 Å². The topological polar surface area (TPSA) is 108 Å². The first-order valence-electron chi connectivity index (χ1n) is 11.7. The summed E-state index contributed by atoms with van der Waals surface area (Å²) in [5, 5.41) is 1.21. The highest BCUT2D eigenvalue weighted by Crippen LogP contribution is 2.31. The summed E-state index contributed by atoms with van der Waals surface area (Å²) in [5.74, 6) is -0.170. The first-order valence-corrected chi connectivity index (χ1v) is 14.8. The standard InChI is InChI=1S/C25H32F3N3O4S2/c1-17-13-21(30-36(3)32)14-18(2)23(17)9-12-37(33,34)31-10-7-19(8-11-31)15-24(29)20-5-4-6-22(16-20)35-25(26,27)28/h4-6,9,12-14,16,19,24,30H,7-8,10-11,15,29H2,1-3H3/b12-9+. The quantitative estimate of drug-likeness (QED) is 0.418. The van der Waals surface area contributed by atoms with Gasteiger partial charge in [0.15, 0.2) is 0 Å². The van der Waals surface area contributed by atoms with Crippen LogP contribution in [0.25, 0.3) is 6.08 Å². The molecule has 204 valence electrons. The number of anilines is 1. The Morgan fingerprint density at radius 2 is 1.84 bits per heavy atom. The number of sulfonamides is 1. The van der Waals surface area contributed by atoms with Gasteiger partial charge in [-0.2, -0.15) is 4.31 Å². The Balaban J connectivity index is 1.58. The van der Waals surface area contributed by atoms with Gasteiger partial charge < -0.3 is 15.0 Å². The first-order chi connectivity index (χ1) is 17.2. The Morgan fingerprint density at radius 1 is 1.22 bits per heavy atom. The SMILES string of the molecule is Cc1cc(N[S+](C)[O-])cc(C)c1/C=C/S(=O)(=O)N1CCC(CC(N)c2cccc(OC(F)(F)F)c2)CC1. The third kappa shape index (κ3) is 8.64. The molecule has 1 fully saturated rings. The number of halogens is 3. The highest BCUT2D eigenvalue weighted by molar-refractivity contribution is 7.92. The van der Waals surface area contributed by atoms with Crippen LogP contribution in [0.5, 0.6) is 5.75 Å². The van der Waals surface area contributed by atoms with Gasteiger partial charge in [0.1, 0.15) is 12.0 Å². The summed E-state index contributed by atoms with van der Waals surface area (Å²) in [6, 6.07) is 8.79. The summed E-state index contributed by atoms with van der Waals surface area (Å²) in [5.41, 5.74) is 10.0. The number of nitrogens with one attached hydrogen (secondary N) is 1. The van der Waals surface area contributed by atoms with E-state index in [4.69, 9.17) is 5.73 Å². The lowest BCUT2D eigenvalue weighted by Gasteiger charge is -2.31. The van der Waals surface area contributed by atoms with Gasteiger partial charge in [0, 0.05) is 24.5 Å². The van der Waals surface area contributed by atoms with E-state index in [0.29, 0.717) is 43.6 Å². The van der Waals surface area contributed by atoms with Crippen molar-refractivity contribution < 1.29 is 30.9 Å². The van der Waals surface area contributed by atoms with Gasteiger partial charge in [-0.3, -0.25) is 0 Å². The van der Waals surface area contributed by atoms with Crippen LogP contribution < -0.4 is 15.2 Å². The third-order valence-electron chi connectivity index (χ3n) is 6.30. The maximum Gasteiger partial charge on any atom is 0.573 e. The average molecular weight is 560 g/mol. The summed E-state index contributed by atoms with van der Waals surface area (Å²) < 4.78 is 83.1. The average Bonchev–Trinajstić information content (AvgIpc) is 2.77. The van der Waals surface area contributed by atoms with Crippen molar-refractivity contribution in [2.45, 2.75) is 45.5 Å². The first kappa shape index (κ1) is 29.3.